The smallest absolute Gasteiger partial charge is 0.368 e. The maximum atomic E-state index is 8.88. The second-order valence-corrected chi connectivity index (χ2v) is 4.86. The fraction of sp³-hybridized carbons (Fsp3) is 1.00. The molecule has 0 saturated heterocycles. The molecule has 0 heterocycles. The molecular formula is C8H23O8P. The molecule has 0 saturated carbocycles. The van der Waals surface area contributed by atoms with Gasteiger partial charge in [0.25, 0.3) is 0 Å². The van der Waals surface area contributed by atoms with Gasteiger partial charge in [-0.15, -0.1) is 0 Å². The van der Waals surface area contributed by atoms with Crippen LogP contribution in [0.1, 0.15) is 27.7 Å². The molecule has 0 radical (unpaired) electrons. The van der Waals surface area contributed by atoms with Crippen molar-refractivity contribution >= 4 is 7.82 Å². The summed E-state index contributed by atoms with van der Waals surface area (Å²) < 4.78 is 8.88. The van der Waals surface area contributed by atoms with Gasteiger partial charge in [0.2, 0.25) is 0 Å². The van der Waals surface area contributed by atoms with Crippen LogP contribution in [0.3, 0.4) is 0 Å². The zero-order valence-electron chi connectivity index (χ0n) is 10.3. The molecule has 0 atom stereocenters. The summed E-state index contributed by atoms with van der Waals surface area (Å²) in [6, 6.07) is 0. The lowest BCUT2D eigenvalue weighted by Crippen LogP contribution is -2.11. The molecule has 0 aliphatic heterocycles. The van der Waals surface area contributed by atoms with Crippen LogP contribution in [0.2, 0.25) is 0 Å². The SMILES string of the molecule is CC(C)C(O)O.CC(C)C(O)O.O=P(O)(O)O. The van der Waals surface area contributed by atoms with Crippen molar-refractivity contribution in [3.05, 3.63) is 0 Å². The Morgan fingerprint density at radius 3 is 0.765 bits per heavy atom. The summed E-state index contributed by atoms with van der Waals surface area (Å²) in [5.41, 5.74) is 0. The van der Waals surface area contributed by atoms with E-state index in [4.69, 9.17) is 39.7 Å². The highest BCUT2D eigenvalue weighted by atomic mass is 31.2. The number of rotatable bonds is 2. The zero-order valence-corrected chi connectivity index (χ0v) is 11.2. The average Bonchev–Trinajstić information content (AvgIpc) is 2.01. The molecule has 7 N–H and O–H groups in total. The fourth-order valence-electron chi connectivity index (χ4n) is 0. The van der Waals surface area contributed by atoms with Gasteiger partial charge in [0.05, 0.1) is 0 Å². The molecule has 9 heteroatoms. The first kappa shape index (κ1) is 22.2. The average molecular weight is 278 g/mol. The monoisotopic (exact) mass is 278 g/mol. The van der Waals surface area contributed by atoms with Gasteiger partial charge >= 0.3 is 7.82 Å². The molecule has 0 aromatic heterocycles. The van der Waals surface area contributed by atoms with Crippen molar-refractivity contribution in [2.24, 2.45) is 11.8 Å². The highest BCUT2D eigenvalue weighted by Crippen LogP contribution is 2.25. The fourth-order valence-corrected chi connectivity index (χ4v) is 0. The van der Waals surface area contributed by atoms with Crippen LogP contribution in [0.5, 0.6) is 0 Å². The van der Waals surface area contributed by atoms with Crippen molar-refractivity contribution in [3.8, 4) is 0 Å². The molecule has 0 spiro atoms. The first-order chi connectivity index (χ1) is 7.29. The number of hydrogen-bond donors (Lipinski definition) is 7. The van der Waals surface area contributed by atoms with Gasteiger partial charge < -0.3 is 35.1 Å². The van der Waals surface area contributed by atoms with Crippen LogP contribution < -0.4 is 0 Å². The van der Waals surface area contributed by atoms with E-state index < -0.39 is 20.4 Å². The van der Waals surface area contributed by atoms with E-state index in [0.29, 0.717) is 0 Å². The highest BCUT2D eigenvalue weighted by molar-refractivity contribution is 7.45. The first-order valence-electron chi connectivity index (χ1n) is 4.79. The lowest BCUT2D eigenvalue weighted by Gasteiger charge is -2.03. The summed E-state index contributed by atoms with van der Waals surface area (Å²) in [5, 5.41) is 32.7. The minimum atomic E-state index is -4.64. The van der Waals surface area contributed by atoms with Crippen LogP contribution in [0.25, 0.3) is 0 Å². The lowest BCUT2D eigenvalue weighted by atomic mass is 10.2. The topological polar surface area (TPSA) is 159 Å². The van der Waals surface area contributed by atoms with E-state index in [9.17, 15) is 0 Å². The van der Waals surface area contributed by atoms with Crippen molar-refractivity contribution in [1.82, 2.24) is 0 Å². The number of aliphatic hydroxyl groups is 4. The van der Waals surface area contributed by atoms with Gasteiger partial charge in [-0.25, -0.2) is 4.57 Å². The quantitative estimate of drug-likeness (QED) is 0.249. The summed E-state index contributed by atoms with van der Waals surface area (Å²) in [6.45, 7) is 6.96. The predicted octanol–water partition coefficient (Wildman–Crippen LogP) is -1.02. The molecule has 0 aliphatic rings. The molecule has 108 valence electrons. The van der Waals surface area contributed by atoms with Gasteiger partial charge in [-0.1, -0.05) is 27.7 Å². The maximum Gasteiger partial charge on any atom is 0.466 e. The number of hydrogen-bond acceptors (Lipinski definition) is 5. The van der Waals surface area contributed by atoms with E-state index in [1.807, 2.05) is 0 Å². The molecule has 0 amide bonds. The second-order valence-electron chi connectivity index (χ2n) is 3.83. The summed E-state index contributed by atoms with van der Waals surface area (Å²) in [4.78, 5) is 21.6. The Morgan fingerprint density at radius 2 is 0.765 bits per heavy atom. The van der Waals surface area contributed by atoms with E-state index in [-0.39, 0.29) is 11.8 Å². The van der Waals surface area contributed by atoms with Crippen molar-refractivity contribution < 1.29 is 39.7 Å². The van der Waals surface area contributed by atoms with Crippen LogP contribution in [-0.2, 0) is 4.57 Å². The van der Waals surface area contributed by atoms with Crippen molar-refractivity contribution in [2.75, 3.05) is 0 Å². The van der Waals surface area contributed by atoms with Crippen LogP contribution in [0, 0.1) is 11.8 Å². The summed E-state index contributed by atoms with van der Waals surface area (Å²) in [7, 11) is -4.64. The third kappa shape index (κ3) is 49.1. The number of phosphoric acid groups is 1. The lowest BCUT2D eigenvalue weighted by molar-refractivity contribution is -0.0735. The Morgan fingerprint density at radius 1 is 0.706 bits per heavy atom. The Kier molecular flexibility index (Phi) is 14.4. The van der Waals surface area contributed by atoms with Crippen LogP contribution in [-0.4, -0.2) is 47.7 Å². The maximum absolute atomic E-state index is 8.88. The van der Waals surface area contributed by atoms with Gasteiger partial charge in [-0.05, 0) is 0 Å². The Labute approximate surface area is 100 Å². The molecule has 0 unspecified atom stereocenters. The van der Waals surface area contributed by atoms with Crippen LogP contribution in [0.4, 0.5) is 0 Å². The minimum Gasteiger partial charge on any atom is -0.368 e. The van der Waals surface area contributed by atoms with E-state index in [0.717, 1.165) is 0 Å². The van der Waals surface area contributed by atoms with Crippen LogP contribution >= 0.6 is 7.82 Å². The Hall–Kier alpha value is -0.0500. The van der Waals surface area contributed by atoms with Crippen molar-refractivity contribution in [3.63, 3.8) is 0 Å². The Balaban J connectivity index is -0.000000174. The summed E-state index contributed by atoms with van der Waals surface area (Å²) in [6.07, 6.45) is -2.30. The summed E-state index contributed by atoms with van der Waals surface area (Å²) in [5.74, 6) is -0.0741. The molecule has 8 nitrogen and oxygen atoms in total. The van der Waals surface area contributed by atoms with Gasteiger partial charge in [-0.2, -0.15) is 0 Å². The second kappa shape index (κ2) is 11.1. The predicted molar refractivity (Wildman–Crippen MR) is 60.4 cm³/mol. The third-order valence-electron chi connectivity index (χ3n) is 1.19. The van der Waals surface area contributed by atoms with Gasteiger partial charge in [0.15, 0.2) is 12.6 Å². The highest BCUT2D eigenvalue weighted by Gasteiger charge is 2.00. The van der Waals surface area contributed by atoms with E-state index in [2.05, 4.69) is 0 Å². The van der Waals surface area contributed by atoms with Gasteiger partial charge in [0, 0.05) is 11.8 Å². The van der Waals surface area contributed by atoms with Crippen molar-refractivity contribution in [2.45, 2.75) is 40.3 Å². The molecule has 0 fully saturated rings. The summed E-state index contributed by atoms with van der Waals surface area (Å²) >= 11 is 0. The Bertz CT molecular complexity index is 165. The molecule has 0 rings (SSSR count). The molecule has 17 heavy (non-hydrogen) atoms. The standard InChI is InChI=1S/2C4H10O2.H3O4P/c2*1-3(2)4(5)6;1-5(2,3)4/h2*3-6H,1-2H3;(H3,1,2,3,4). The van der Waals surface area contributed by atoms with Crippen LogP contribution in [0.15, 0.2) is 0 Å². The van der Waals surface area contributed by atoms with E-state index >= 15 is 0 Å². The largest absolute Gasteiger partial charge is 0.466 e. The molecule has 0 bridgehead atoms. The molecular weight excluding hydrogens is 255 g/mol. The third-order valence-corrected chi connectivity index (χ3v) is 1.19. The van der Waals surface area contributed by atoms with Gasteiger partial charge in [-0.3, -0.25) is 0 Å². The molecule has 0 aromatic rings. The van der Waals surface area contributed by atoms with Crippen molar-refractivity contribution in [1.29, 1.82) is 0 Å². The minimum absolute atomic E-state index is 0.0370. The first-order valence-corrected chi connectivity index (χ1v) is 6.36. The normalized spacial score (nSPS) is 11.2. The van der Waals surface area contributed by atoms with E-state index in [1.54, 1.807) is 27.7 Å². The van der Waals surface area contributed by atoms with Gasteiger partial charge in [0.1, 0.15) is 0 Å². The van der Waals surface area contributed by atoms with E-state index in [1.165, 1.54) is 0 Å². The molecule has 0 aromatic carbocycles. The molecule has 0 aliphatic carbocycles. The number of aliphatic hydroxyl groups excluding tert-OH is 2. The zero-order chi connectivity index (χ0) is 14.8.